The van der Waals surface area contributed by atoms with Crippen LogP contribution in [-0.2, 0) is 0 Å². The van der Waals surface area contributed by atoms with Crippen LogP contribution < -0.4 is 13.6 Å². The molecule has 0 aliphatic heterocycles. The molecule has 0 saturated carbocycles. The summed E-state index contributed by atoms with van der Waals surface area (Å²) in [4.78, 5) is 0. The Hall–Kier alpha value is -4.07. The maximum Gasteiger partial charge on any atom is 0.530 e. The molecule has 0 fully saturated rings. The maximum absolute atomic E-state index is 6.47. The molecule has 0 aromatic heterocycles. The SMILES string of the molecule is Cc1ccccc1OP(Oc1ccccc1-c1ccccc1)Oc1ccccc1-c1ccccc1. The molecule has 0 amide bonds. The summed E-state index contributed by atoms with van der Waals surface area (Å²) < 4.78 is 19.3. The van der Waals surface area contributed by atoms with Crippen molar-refractivity contribution in [2.75, 3.05) is 0 Å². The van der Waals surface area contributed by atoms with Crippen molar-refractivity contribution in [3.05, 3.63) is 139 Å². The smallest absolute Gasteiger partial charge is 0.408 e. The Kier molecular flexibility index (Phi) is 7.07. The first kappa shape index (κ1) is 22.7. The third kappa shape index (κ3) is 5.54. The standard InChI is InChI=1S/C31H25O3P/c1-24-14-8-11-21-29(24)32-35(33-30-22-12-9-19-27(30)25-15-4-2-5-16-25)34-31-23-13-10-20-28(31)26-17-6-3-7-18-26/h2-23H,1H3. The predicted molar refractivity (Wildman–Crippen MR) is 144 cm³/mol. The zero-order valence-electron chi connectivity index (χ0n) is 19.4. The average molecular weight is 477 g/mol. The van der Waals surface area contributed by atoms with Gasteiger partial charge in [-0.1, -0.05) is 115 Å². The van der Waals surface area contributed by atoms with Crippen molar-refractivity contribution in [3.63, 3.8) is 0 Å². The van der Waals surface area contributed by atoms with E-state index in [9.17, 15) is 0 Å². The highest BCUT2D eigenvalue weighted by Gasteiger charge is 2.24. The van der Waals surface area contributed by atoms with Crippen molar-refractivity contribution in [1.82, 2.24) is 0 Å². The number of para-hydroxylation sites is 3. The number of rotatable bonds is 8. The van der Waals surface area contributed by atoms with Gasteiger partial charge >= 0.3 is 8.60 Å². The number of hydrogen-bond acceptors (Lipinski definition) is 3. The van der Waals surface area contributed by atoms with Crippen LogP contribution in [0.25, 0.3) is 22.3 Å². The van der Waals surface area contributed by atoms with Crippen LogP contribution in [0.4, 0.5) is 0 Å². The summed E-state index contributed by atoms with van der Waals surface area (Å²) >= 11 is 0. The molecule has 0 aliphatic rings. The van der Waals surface area contributed by atoms with Crippen LogP contribution >= 0.6 is 8.60 Å². The summed E-state index contributed by atoms with van der Waals surface area (Å²) in [7, 11) is -1.82. The Bertz CT molecular complexity index is 1300. The lowest BCUT2D eigenvalue weighted by molar-refractivity contribution is 0.388. The van der Waals surface area contributed by atoms with E-state index in [4.69, 9.17) is 13.6 Å². The molecule has 0 radical (unpaired) electrons. The molecule has 0 saturated heterocycles. The molecule has 0 atom stereocenters. The summed E-state index contributed by atoms with van der Waals surface area (Å²) in [5, 5.41) is 0. The Morgan fingerprint density at radius 3 is 1.26 bits per heavy atom. The van der Waals surface area contributed by atoms with Gasteiger partial charge in [-0.15, -0.1) is 0 Å². The van der Waals surface area contributed by atoms with Crippen molar-refractivity contribution in [2.45, 2.75) is 6.92 Å². The Labute approximate surface area is 207 Å². The molecule has 172 valence electrons. The molecule has 5 rings (SSSR count). The lowest BCUT2D eigenvalue weighted by atomic mass is 10.1. The first-order chi connectivity index (χ1) is 17.3. The summed E-state index contributed by atoms with van der Waals surface area (Å²) in [5.74, 6) is 2.14. The Morgan fingerprint density at radius 1 is 0.400 bits per heavy atom. The molecule has 5 aromatic carbocycles. The van der Waals surface area contributed by atoms with Gasteiger partial charge in [0.2, 0.25) is 0 Å². The minimum absolute atomic E-state index is 0.704. The van der Waals surface area contributed by atoms with Gasteiger partial charge in [0, 0.05) is 11.1 Å². The molecule has 35 heavy (non-hydrogen) atoms. The van der Waals surface area contributed by atoms with E-state index in [0.29, 0.717) is 11.5 Å². The van der Waals surface area contributed by atoms with Crippen molar-refractivity contribution in [1.29, 1.82) is 0 Å². The van der Waals surface area contributed by atoms with Gasteiger partial charge < -0.3 is 13.6 Å². The first-order valence-electron chi connectivity index (χ1n) is 11.5. The molecule has 5 aromatic rings. The zero-order chi connectivity index (χ0) is 23.9. The van der Waals surface area contributed by atoms with Crippen molar-refractivity contribution in [2.24, 2.45) is 0 Å². The van der Waals surface area contributed by atoms with Gasteiger partial charge in [-0.25, -0.2) is 0 Å². The van der Waals surface area contributed by atoms with Gasteiger partial charge in [-0.05, 0) is 41.8 Å². The maximum atomic E-state index is 6.47. The molecule has 0 bridgehead atoms. The molecule has 0 heterocycles. The Balaban J connectivity index is 1.51. The molecule has 0 spiro atoms. The van der Waals surface area contributed by atoms with Gasteiger partial charge in [0.05, 0.1) is 0 Å². The zero-order valence-corrected chi connectivity index (χ0v) is 20.3. The first-order valence-corrected chi connectivity index (χ1v) is 12.6. The van der Waals surface area contributed by atoms with Gasteiger partial charge in [0.25, 0.3) is 0 Å². The minimum Gasteiger partial charge on any atom is -0.408 e. The van der Waals surface area contributed by atoms with Crippen LogP contribution in [0.2, 0.25) is 0 Å². The molecule has 4 heteroatoms. The average Bonchev–Trinajstić information content (AvgIpc) is 2.91. The number of aryl methyl sites for hydroxylation is 1. The number of hydrogen-bond donors (Lipinski definition) is 0. The fraction of sp³-hybridized carbons (Fsp3) is 0.0323. The van der Waals surface area contributed by atoms with Crippen molar-refractivity contribution < 1.29 is 13.6 Å². The molecule has 0 aliphatic carbocycles. The third-order valence-electron chi connectivity index (χ3n) is 5.56. The molecular formula is C31H25O3P. The second kappa shape index (κ2) is 10.9. The normalized spacial score (nSPS) is 10.7. The van der Waals surface area contributed by atoms with Crippen LogP contribution in [0.1, 0.15) is 5.56 Å². The Morgan fingerprint density at radius 2 is 0.771 bits per heavy atom. The van der Waals surface area contributed by atoms with E-state index in [2.05, 4.69) is 24.3 Å². The predicted octanol–water partition coefficient (Wildman–Crippen LogP) is 9.09. The minimum atomic E-state index is -1.82. The van der Waals surface area contributed by atoms with Crippen molar-refractivity contribution >= 4 is 8.60 Å². The number of benzene rings is 5. The molecule has 0 N–H and O–H groups in total. The van der Waals surface area contributed by atoms with E-state index in [-0.39, 0.29) is 0 Å². The van der Waals surface area contributed by atoms with Gasteiger partial charge in [-0.2, -0.15) is 0 Å². The van der Waals surface area contributed by atoms with Gasteiger partial charge in [0.15, 0.2) is 0 Å². The van der Waals surface area contributed by atoms with Crippen LogP contribution in [0.5, 0.6) is 17.2 Å². The quantitative estimate of drug-likeness (QED) is 0.209. The van der Waals surface area contributed by atoms with Crippen LogP contribution in [0.3, 0.4) is 0 Å². The summed E-state index contributed by atoms with van der Waals surface area (Å²) in [5.41, 5.74) is 5.11. The topological polar surface area (TPSA) is 27.7 Å². The van der Waals surface area contributed by atoms with E-state index < -0.39 is 8.60 Å². The second-order valence-electron chi connectivity index (χ2n) is 7.99. The van der Waals surface area contributed by atoms with E-state index in [1.165, 1.54) is 0 Å². The van der Waals surface area contributed by atoms with Gasteiger partial charge in [0.1, 0.15) is 17.2 Å². The van der Waals surface area contributed by atoms with E-state index in [1.54, 1.807) is 0 Å². The van der Waals surface area contributed by atoms with E-state index in [1.807, 2.05) is 116 Å². The lowest BCUT2D eigenvalue weighted by Gasteiger charge is -2.21. The molecular weight excluding hydrogens is 451 g/mol. The summed E-state index contributed by atoms with van der Waals surface area (Å²) in [6, 6.07) is 44.2. The molecule has 3 nitrogen and oxygen atoms in total. The van der Waals surface area contributed by atoms with E-state index >= 15 is 0 Å². The summed E-state index contributed by atoms with van der Waals surface area (Å²) in [6.07, 6.45) is 0. The fourth-order valence-corrected chi connectivity index (χ4v) is 4.88. The second-order valence-corrected chi connectivity index (χ2v) is 8.98. The van der Waals surface area contributed by atoms with Crippen LogP contribution in [0.15, 0.2) is 133 Å². The van der Waals surface area contributed by atoms with Crippen molar-refractivity contribution in [3.8, 4) is 39.5 Å². The molecule has 0 unspecified atom stereocenters. The van der Waals surface area contributed by atoms with Crippen LogP contribution in [0, 0.1) is 6.92 Å². The monoisotopic (exact) mass is 476 g/mol. The lowest BCUT2D eigenvalue weighted by Crippen LogP contribution is -2.04. The largest absolute Gasteiger partial charge is 0.530 e. The fourth-order valence-electron chi connectivity index (χ4n) is 3.76. The van der Waals surface area contributed by atoms with Gasteiger partial charge in [-0.3, -0.25) is 0 Å². The van der Waals surface area contributed by atoms with Crippen LogP contribution in [-0.4, -0.2) is 0 Å². The highest BCUT2D eigenvalue weighted by Crippen LogP contribution is 2.47. The highest BCUT2D eigenvalue weighted by atomic mass is 31.2. The van der Waals surface area contributed by atoms with E-state index in [0.717, 1.165) is 33.6 Å². The highest BCUT2D eigenvalue weighted by molar-refractivity contribution is 7.43. The third-order valence-corrected chi connectivity index (χ3v) is 6.59. The summed E-state index contributed by atoms with van der Waals surface area (Å²) in [6.45, 7) is 2.01.